The highest BCUT2D eigenvalue weighted by atomic mass is 16.2. The number of amides is 2. The van der Waals surface area contributed by atoms with Gasteiger partial charge in [0.25, 0.3) is 11.8 Å². The molecule has 1 atom stereocenters. The second kappa shape index (κ2) is 6.01. The summed E-state index contributed by atoms with van der Waals surface area (Å²) in [4.78, 5) is 30.4. The number of nitrogens with one attached hydrogen (secondary N) is 1. The van der Waals surface area contributed by atoms with Gasteiger partial charge in [-0.1, -0.05) is 6.08 Å². The van der Waals surface area contributed by atoms with E-state index in [0.29, 0.717) is 5.71 Å². The van der Waals surface area contributed by atoms with Crippen LogP contribution in [0.4, 0.5) is 0 Å². The van der Waals surface area contributed by atoms with Crippen LogP contribution in [0.5, 0.6) is 0 Å². The van der Waals surface area contributed by atoms with Crippen LogP contribution in [-0.2, 0) is 9.59 Å². The summed E-state index contributed by atoms with van der Waals surface area (Å²) in [6.45, 7) is 0. The van der Waals surface area contributed by atoms with Gasteiger partial charge in [-0.05, 0) is 99.7 Å². The molecule has 7 rings (SSSR count). The Morgan fingerprint density at radius 1 is 1.04 bits per heavy atom. The Morgan fingerprint density at radius 2 is 1.71 bits per heavy atom. The van der Waals surface area contributed by atoms with Crippen molar-refractivity contribution in [1.29, 1.82) is 0 Å². The van der Waals surface area contributed by atoms with Crippen LogP contribution >= 0.6 is 0 Å². The summed E-state index contributed by atoms with van der Waals surface area (Å²) in [6, 6.07) is 0. The first kappa shape index (κ1) is 16.9. The van der Waals surface area contributed by atoms with Crippen LogP contribution in [0.15, 0.2) is 40.1 Å². The largest absolute Gasteiger partial charge is 0.325 e. The highest BCUT2D eigenvalue weighted by molar-refractivity contribution is 6.12. The highest BCUT2D eigenvalue weighted by Crippen LogP contribution is 2.60. The lowest BCUT2D eigenvalue weighted by atomic mass is 9.49. The lowest BCUT2D eigenvalue weighted by Gasteiger charge is -2.55. The lowest BCUT2D eigenvalue weighted by Crippen LogP contribution is -2.49. The van der Waals surface area contributed by atoms with E-state index >= 15 is 0 Å². The van der Waals surface area contributed by atoms with Gasteiger partial charge in [0.05, 0.1) is 11.1 Å². The first-order valence-corrected chi connectivity index (χ1v) is 11.2. The zero-order valence-electron chi connectivity index (χ0n) is 16.4. The maximum absolute atomic E-state index is 13.3. The zero-order chi connectivity index (χ0) is 18.9. The fourth-order valence-corrected chi connectivity index (χ4v) is 7.43. The highest BCUT2D eigenvalue weighted by Gasteiger charge is 2.54. The molecule has 0 aromatic carbocycles. The molecular formula is C24H28N2O2. The number of carbonyl (C=O) groups is 2. The molecular weight excluding hydrogens is 348 g/mol. The first-order valence-electron chi connectivity index (χ1n) is 11.2. The molecule has 146 valence electrons. The fraction of sp³-hybridized carbons (Fsp3) is 0.625. The van der Waals surface area contributed by atoms with E-state index in [2.05, 4.69) is 16.4 Å². The smallest absolute Gasteiger partial charge is 0.252 e. The van der Waals surface area contributed by atoms with Crippen LogP contribution in [0, 0.1) is 29.1 Å². The molecule has 1 aliphatic heterocycles. The Kier molecular flexibility index (Phi) is 3.64. The van der Waals surface area contributed by atoms with E-state index < -0.39 is 0 Å². The molecule has 1 heterocycles. The van der Waals surface area contributed by atoms with Crippen molar-refractivity contribution < 1.29 is 9.59 Å². The minimum atomic E-state index is -0.195. The van der Waals surface area contributed by atoms with Gasteiger partial charge in [-0.25, -0.2) is 4.99 Å². The van der Waals surface area contributed by atoms with E-state index in [1.54, 1.807) is 0 Å². The molecule has 4 saturated carbocycles. The van der Waals surface area contributed by atoms with Gasteiger partial charge < -0.3 is 5.32 Å². The average molecular weight is 377 g/mol. The third-order valence-electron chi connectivity index (χ3n) is 8.24. The van der Waals surface area contributed by atoms with Gasteiger partial charge >= 0.3 is 0 Å². The van der Waals surface area contributed by atoms with Gasteiger partial charge in [0.15, 0.2) is 0 Å². The lowest BCUT2D eigenvalue weighted by molar-refractivity contribution is -0.142. The topological polar surface area (TPSA) is 58.5 Å². The zero-order valence-corrected chi connectivity index (χ0v) is 16.4. The van der Waals surface area contributed by atoms with Crippen LogP contribution < -0.4 is 5.32 Å². The monoisotopic (exact) mass is 376 g/mol. The summed E-state index contributed by atoms with van der Waals surface area (Å²) in [6.07, 6.45) is 17.4. The van der Waals surface area contributed by atoms with Crippen molar-refractivity contribution in [1.82, 2.24) is 5.32 Å². The van der Waals surface area contributed by atoms with Gasteiger partial charge in [0, 0.05) is 17.2 Å². The second-order valence-electron chi connectivity index (χ2n) is 10.1. The molecule has 0 spiro atoms. The van der Waals surface area contributed by atoms with Crippen LogP contribution in [0.3, 0.4) is 0 Å². The molecule has 1 unspecified atom stereocenters. The summed E-state index contributed by atoms with van der Waals surface area (Å²) >= 11 is 0. The Hall–Kier alpha value is -1.97. The number of fused-ring (bicyclic) bond motifs is 2. The van der Waals surface area contributed by atoms with Gasteiger partial charge in [-0.3, -0.25) is 9.59 Å². The van der Waals surface area contributed by atoms with Crippen molar-refractivity contribution in [3.8, 4) is 0 Å². The summed E-state index contributed by atoms with van der Waals surface area (Å²) in [7, 11) is 0. The maximum atomic E-state index is 13.3. The van der Waals surface area contributed by atoms with Crippen molar-refractivity contribution in [3.63, 3.8) is 0 Å². The van der Waals surface area contributed by atoms with Gasteiger partial charge in [-0.15, -0.1) is 0 Å². The van der Waals surface area contributed by atoms with Crippen molar-refractivity contribution >= 4 is 17.5 Å². The molecule has 2 amide bonds. The molecule has 0 aromatic heterocycles. The summed E-state index contributed by atoms with van der Waals surface area (Å²) in [5.74, 6) is 2.56. The number of allylic oxidation sites excluding steroid dienone is 3. The molecule has 28 heavy (non-hydrogen) atoms. The molecule has 4 bridgehead atoms. The summed E-state index contributed by atoms with van der Waals surface area (Å²) < 4.78 is 0. The van der Waals surface area contributed by atoms with E-state index in [9.17, 15) is 9.59 Å². The third kappa shape index (κ3) is 2.53. The standard InChI is InChI=1S/C24H28N2O2/c27-22-20-4-2-1-3-18(20)19-6-5-17(10-21(19)26-22)25-23(28)24-11-14-7-15(12-24)9-16(8-14)13-24/h5-6,10,14-16,19H,1-4,7-9,11-13H2,(H,26,27). The average Bonchev–Trinajstić information content (AvgIpc) is 2.67. The number of hydrogen-bond acceptors (Lipinski definition) is 2. The van der Waals surface area contributed by atoms with Crippen molar-refractivity contribution in [2.24, 2.45) is 34.1 Å². The Bertz CT molecular complexity index is 853. The van der Waals surface area contributed by atoms with Crippen molar-refractivity contribution in [3.05, 3.63) is 35.1 Å². The summed E-state index contributed by atoms with van der Waals surface area (Å²) in [5.41, 5.74) is 3.70. The fourth-order valence-electron chi connectivity index (χ4n) is 7.43. The molecule has 0 radical (unpaired) electrons. The Morgan fingerprint density at radius 3 is 2.43 bits per heavy atom. The maximum Gasteiger partial charge on any atom is 0.252 e. The molecule has 0 saturated heterocycles. The van der Waals surface area contributed by atoms with E-state index in [1.165, 1.54) is 24.8 Å². The van der Waals surface area contributed by atoms with Gasteiger partial charge in [0.2, 0.25) is 0 Å². The predicted octanol–water partition coefficient (Wildman–Crippen LogP) is 4.24. The normalized spacial score (nSPS) is 42.2. The van der Waals surface area contributed by atoms with Gasteiger partial charge in [-0.2, -0.15) is 0 Å². The number of hydrogen-bond donors (Lipinski definition) is 1. The Labute approximate surface area is 166 Å². The van der Waals surface area contributed by atoms with Crippen LogP contribution in [0.1, 0.15) is 64.2 Å². The van der Waals surface area contributed by atoms with Crippen LogP contribution in [0.25, 0.3) is 0 Å². The third-order valence-corrected chi connectivity index (χ3v) is 8.24. The number of rotatable bonds is 1. The molecule has 1 N–H and O–H groups in total. The number of carbonyl (C=O) groups excluding carboxylic acids is 2. The minimum Gasteiger partial charge on any atom is -0.325 e. The quantitative estimate of drug-likeness (QED) is 0.744. The van der Waals surface area contributed by atoms with Crippen molar-refractivity contribution in [2.45, 2.75) is 64.2 Å². The van der Waals surface area contributed by atoms with E-state index in [1.807, 2.05) is 12.2 Å². The van der Waals surface area contributed by atoms with E-state index in [0.717, 1.165) is 74.0 Å². The molecule has 4 heteroatoms. The SMILES string of the molecule is O=C1NC2=CC(=NC(=O)C34CC5CC(CC(C5)C3)C4)C=CC2C2=C1CCCC2. The summed E-state index contributed by atoms with van der Waals surface area (Å²) in [5, 5.41) is 3.08. The molecule has 4 nitrogen and oxygen atoms in total. The number of aliphatic imine (C=N–C) groups is 1. The van der Waals surface area contributed by atoms with Crippen LogP contribution in [-0.4, -0.2) is 17.5 Å². The van der Waals surface area contributed by atoms with Crippen LogP contribution in [0.2, 0.25) is 0 Å². The predicted molar refractivity (Wildman–Crippen MR) is 107 cm³/mol. The first-order chi connectivity index (χ1) is 13.6. The van der Waals surface area contributed by atoms with Gasteiger partial charge in [0.1, 0.15) is 0 Å². The number of nitrogens with zero attached hydrogens (tertiary/aromatic N) is 1. The molecule has 4 fully saturated rings. The molecule has 7 aliphatic rings. The Balaban J connectivity index is 1.28. The minimum absolute atomic E-state index is 0.0549. The van der Waals surface area contributed by atoms with Crippen molar-refractivity contribution in [2.75, 3.05) is 0 Å². The molecule has 0 aromatic rings. The van der Waals surface area contributed by atoms with E-state index in [4.69, 9.17) is 0 Å². The van der Waals surface area contributed by atoms with E-state index in [-0.39, 0.29) is 23.1 Å². The molecule has 6 aliphatic carbocycles. The second-order valence-corrected chi connectivity index (χ2v) is 10.1.